The molecule has 2 atom stereocenters. The van der Waals surface area contributed by atoms with Gasteiger partial charge in [0.25, 0.3) is 0 Å². The molecule has 1 aromatic heterocycles. The molecule has 1 aliphatic carbocycles. The van der Waals surface area contributed by atoms with Crippen LogP contribution >= 0.6 is 11.3 Å². The quantitative estimate of drug-likeness (QED) is 0.139. The first-order valence-electron chi connectivity index (χ1n) is 16.7. The van der Waals surface area contributed by atoms with Crippen molar-refractivity contribution in [1.29, 1.82) is 0 Å². The number of hydrogen-bond acceptors (Lipinski definition) is 7. The molecule has 1 aliphatic heterocycles. The van der Waals surface area contributed by atoms with E-state index < -0.39 is 0 Å². The van der Waals surface area contributed by atoms with Crippen LogP contribution in [0.2, 0.25) is 0 Å². The second-order valence-corrected chi connectivity index (χ2v) is 13.2. The Hall–Kier alpha value is -3.39. The highest BCUT2D eigenvalue weighted by Gasteiger charge is 2.30. The molecule has 0 radical (unpaired) electrons. The SMILES string of the molecule is CCN(CC)[C@H]1CCCC[C@@H]1Oc1ccc(C(=O)c2c(-c3ccc(OCCN4CCCC4)cc3)sc3cc(OC)ccc23)cc1. The molecule has 2 fully saturated rings. The van der Waals surface area contributed by atoms with Crippen LogP contribution in [0.1, 0.15) is 68.3 Å². The van der Waals surface area contributed by atoms with Crippen LogP contribution in [-0.2, 0) is 0 Å². The first kappa shape index (κ1) is 31.6. The van der Waals surface area contributed by atoms with E-state index in [-0.39, 0.29) is 11.9 Å². The summed E-state index contributed by atoms with van der Waals surface area (Å²) >= 11 is 1.63. The molecule has 0 N–H and O–H groups in total. The number of nitrogens with zero attached hydrogens (tertiary/aromatic N) is 2. The number of likely N-dealkylation sites (N-methyl/N-ethyl adjacent to an activating group) is 1. The van der Waals surface area contributed by atoms with Gasteiger partial charge in [0.05, 0.1) is 7.11 Å². The second kappa shape index (κ2) is 14.8. The first-order valence-corrected chi connectivity index (χ1v) is 17.5. The van der Waals surface area contributed by atoms with Gasteiger partial charge >= 0.3 is 0 Å². The second-order valence-electron chi connectivity index (χ2n) is 12.2. The summed E-state index contributed by atoms with van der Waals surface area (Å²) in [6.07, 6.45) is 7.44. The van der Waals surface area contributed by atoms with Crippen molar-refractivity contribution in [3.8, 4) is 27.7 Å². The molecule has 6 nitrogen and oxygen atoms in total. The number of benzene rings is 3. The molecule has 4 aromatic rings. The van der Waals surface area contributed by atoms with E-state index in [1.807, 2.05) is 54.6 Å². The minimum Gasteiger partial charge on any atom is -0.497 e. The number of ether oxygens (including phenoxy) is 3. The number of fused-ring (bicyclic) bond motifs is 1. The third kappa shape index (κ3) is 7.21. The standard InChI is InChI=1S/C38H46N2O4S/c1-4-40(5-2)33-10-6-7-11-34(33)44-30-18-12-27(13-19-30)37(41)36-32-21-20-31(42-3)26-35(32)45-38(36)28-14-16-29(17-15-28)43-25-24-39-22-8-9-23-39/h12-21,26,33-34H,4-11,22-25H2,1-3H3/t33-,34-/m0/s1. The third-order valence-corrected chi connectivity index (χ3v) is 10.7. The average molecular weight is 627 g/mol. The number of carbonyl (C=O) groups excluding carboxylic acids is 1. The van der Waals surface area contributed by atoms with Gasteiger partial charge in [-0.25, -0.2) is 0 Å². The number of rotatable bonds is 13. The Labute approximate surface area is 271 Å². The van der Waals surface area contributed by atoms with Gasteiger partial charge in [0, 0.05) is 38.7 Å². The van der Waals surface area contributed by atoms with Crippen LogP contribution in [-0.4, -0.2) is 74.2 Å². The predicted molar refractivity (Wildman–Crippen MR) is 184 cm³/mol. The van der Waals surface area contributed by atoms with Crippen molar-refractivity contribution in [2.75, 3.05) is 46.4 Å². The van der Waals surface area contributed by atoms with Crippen molar-refractivity contribution < 1.29 is 19.0 Å². The van der Waals surface area contributed by atoms with Gasteiger partial charge < -0.3 is 14.2 Å². The monoisotopic (exact) mass is 626 g/mol. The van der Waals surface area contributed by atoms with E-state index in [1.54, 1.807) is 18.4 Å². The number of likely N-dealkylation sites (tertiary alicyclic amines) is 1. The summed E-state index contributed by atoms with van der Waals surface area (Å²) in [5.41, 5.74) is 2.39. The molecule has 45 heavy (non-hydrogen) atoms. The molecule has 1 saturated heterocycles. The summed E-state index contributed by atoms with van der Waals surface area (Å²) in [5, 5.41) is 0.941. The van der Waals surface area contributed by atoms with Gasteiger partial charge in [0.1, 0.15) is 30.0 Å². The van der Waals surface area contributed by atoms with Crippen LogP contribution in [0.15, 0.2) is 66.7 Å². The molecular weight excluding hydrogens is 580 g/mol. The van der Waals surface area contributed by atoms with Gasteiger partial charge in [-0.2, -0.15) is 0 Å². The van der Waals surface area contributed by atoms with Crippen LogP contribution in [0, 0.1) is 0 Å². The summed E-state index contributed by atoms with van der Waals surface area (Å²) in [5.74, 6) is 2.47. The Bertz CT molecular complexity index is 1560. The fourth-order valence-electron chi connectivity index (χ4n) is 6.96. The van der Waals surface area contributed by atoms with Gasteiger partial charge in [-0.05, 0) is 131 Å². The lowest BCUT2D eigenvalue weighted by molar-refractivity contribution is 0.0413. The van der Waals surface area contributed by atoms with E-state index in [0.29, 0.717) is 18.2 Å². The highest BCUT2D eigenvalue weighted by Crippen LogP contribution is 2.42. The summed E-state index contributed by atoms with van der Waals surface area (Å²) in [4.78, 5) is 20.2. The number of ketones is 1. The first-order chi connectivity index (χ1) is 22.1. The maximum atomic E-state index is 14.2. The fraction of sp³-hybridized carbons (Fsp3) is 0.447. The number of thiophene rings is 1. The van der Waals surface area contributed by atoms with Gasteiger partial charge in [-0.1, -0.05) is 20.3 Å². The van der Waals surface area contributed by atoms with Crippen LogP contribution in [0.4, 0.5) is 0 Å². The molecule has 7 heteroatoms. The minimum absolute atomic E-state index is 0.0117. The summed E-state index contributed by atoms with van der Waals surface area (Å²) in [6.45, 7) is 10.5. The number of methoxy groups -OCH3 is 1. The molecule has 0 spiro atoms. The summed E-state index contributed by atoms with van der Waals surface area (Å²) < 4.78 is 19.1. The molecular formula is C38H46N2O4S. The van der Waals surface area contributed by atoms with E-state index in [1.165, 1.54) is 45.2 Å². The van der Waals surface area contributed by atoms with E-state index in [9.17, 15) is 4.79 Å². The lowest BCUT2D eigenvalue weighted by Gasteiger charge is -2.39. The lowest BCUT2D eigenvalue weighted by Crippen LogP contribution is -2.47. The zero-order valence-corrected chi connectivity index (χ0v) is 27.7. The normalized spacial score (nSPS) is 18.8. The Kier molecular flexibility index (Phi) is 10.4. The minimum atomic E-state index is 0.0117. The van der Waals surface area contributed by atoms with Crippen molar-refractivity contribution in [2.24, 2.45) is 0 Å². The molecule has 238 valence electrons. The molecule has 0 bridgehead atoms. The number of hydrogen-bond donors (Lipinski definition) is 0. The predicted octanol–water partition coefficient (Wildman–Crippen LogP) is 8.31. The van der Waals surface area contributed by atoms with Gasteiger partial charge in [-0.3, -0.25) is 14.6 Å². The van der Waals surface area contributed by atoms with Gasteiger partial charge in [0.15, 0.2) is 5.78 Å². The smallest absolute Gasteiger partial charge is 0.195 e. The van der Waals surface area contributed by atoms with Gasteiger partial charge in [-0.15, -0.1) is 11.3 Å². The molecule has 3 aromatic carbocycles. The van der Waals surface area contributed by atoms with E-state index in [0.717, 1.165) is 69.4 Å². The zero-order chi connectivity index (χ0) is 31.2. The topological polar surface area (TPSA) is 51.2 Å². The molecule has 2 heterocycles. The maximum Gasteiger partial charge on any atom is 0.195 e. The van der Waals surface area contributed by atoms with Crippen molar-refractivity contribution in [1.82, 2.24) is 9.80 Å². The Morgan fingerprint density at radius 3 is 2.27 bits per heavy atom. The van der Waals surface area contributed by atoms with Crippen molar-refractivity contribution >= 4 is 27.2 Å². The number of carbonyl (C=O) groups is 1. The highest BCUT2D eigenvalue weighted by molar-refractivity contribution is 7.22. The Morgan fingerprint density at radius 1 is 0.867 bits per heavy atom. The van der Waals surface area contributed by atoms with Crippen molar-refractivity contribution in [3.05, 3.63) is 77.9 Å². The molecule has 0 unspecified atom stereocenters. The zero-order valence-electron chi connectivity index (χ0n) is 26.9. The Balaban J connectivity index is 1.23. The van der Waals surface area contributed by atoms with Gasteiger partial charge in [0.2, 0.25) is 0 Å². The van der Waals surface area contributed by atoms with Crippen LogP contribution in [0.25, 0.3) is 20.5 Å². The lowest BCUT2D eigenvalue weighted by atomic mass is 9.91. The molecule has 6 rings (SSSR count). The largest absolute Gasteiger partial charge is 0.497 e. The molecule has 2 aliphatic rings. The highest BCUT2D eigenvalue weighted by atomic mass is 32.1. The Morgan fingerprint density at radius 2 is 1.56 bits per heavy atom. The third-order valence-electron chi connectivity index (χ3n) is 9.47. The van der Waals surface area contributed by atoms with Crippen LogP contribution in [0.5, 0.6) is 17.2 Å². The van der Waals surface area contributed by atoms with E-state index in [4.69, 9.17) is 14.2 Å². The van der Waals surface area contributed by atoms with Crippen LogP contribution in [0.3, 0.4) is 0 Å². The summed E-state index contributed by atoms with van der Waals surface area (Å²) in [6, 6.07) is 22.3. The average Bonchev–Trinajstić information content (AvgIpc) is 3.74. The van der Waals surface area contributed by atoms with Crippen molar-refractivity contribution in [3.63, 3.8) is 0 Å². The summed E-state index contributed by atoms with van der Waals surface area (Å²) in [7, 11) is 1.67. The van der Waals surface area contributed by atoms with Crippen LogP contribution < -0.4 is 14.2 Å². The van der Waals surface area contributed by atoms with E-state index in [2.05, 4.69) is 35.8 Å². The van der Waals surface area contributed by atoms with E-state index >= 15 is 0 Å². The van der Waals surface area contributed by atoms with Crippen molar-refractivity contribution in [2.45, 2.75) is 64.5 Å². The maximum absolute atomic E-state index is 14.2. The molecule has 1 saturated carbocycles. The molecule has 0 amide bonds. The fourth-order valence-corrected chi connectivity index (χ4v) is 8.20.